The summed E-state index contributed by atoms with van der Waals surface area (Å²) in [6.45, 7) is 0. The van der Waals surface area contributed by atoms with Gasteiger partial charge < -0.3 is 0 Å². The molecule has 0 aromatic heterocycles. The molecule has 0 radical (unpaired) electrons. The van der Waals surface area contributed by atoms with Crippen LogP contribution in [0.1, 0.15) is 0 Å². The van der Waals surface area contributed by atoms with Gasteiger partial charge in [-0.3, -0.25) is 0 Å². The van der Waals surface area contributed by atoms with Crippen molar-refractivity contribution in [2.75, 3.05) is 0 Å². The summed E-state index contributed by atoms with van der Waals surface area (Å²) in [5, 5.41) is 0. The molecule has 0 unspecified atom stereocenters. The Labute approximate surface area is 266 Å². The number of hydrogen-bond donors (Lipinski definition) is 12. The van der Waals surface area contributed by atoms with Gasteiger partial charge in [0.05, 0.1) is 0 Å². The predicted octanol–water partition coefficient (Wildman–Crippen LogP) is -7.35. The van der Waals surface area contributed by atoms with Crippen molar-refractivity contribution in [2.24, 2.45) is 0 Å². The van der Waals surface area contributed by atoms with Gasteiger partial charge in [0, 0.05) is 0 Å². The van der Waals surface area contributed by atoms with Crippen LogP contribution in [0.4, 0.5) is 20.8 Å². The van der Waals surface area contributed by atoms with E-state index in [1.54, 1.807) is 0 Å². The second-order valence-electron chi connectivity index (χ2n) is 5.52. The van der Waals surface area contributed by atoms with E-state index >= 15 is 0 Å². The topological polar surface area (TPSA) is 345 Å². The number of benzene rings is 2. The van der Waals surface area contributed by atoms with Crippen molar-refractivity contribution in [2.45, 2.75) is 0 Å². The maximum Gasteiger partial charge on any atom is 0.357 e. The molecule has 0 saturated heterocycles. The first-order valence-electron chi connectivity index (χ1n) is 8.71. The third kappa shape index (κ3) is 166. The van der Waals surface area contributed by atoms with E-state index in [1.807, 2.05) is 0 Å². The minimum atomic E-state index is -5.62. The fourth-order valence-corrected chi connectivity index (χ4v) is 3.35. The zero-order chi connectivity index (χ0) is 35.9. The Hall–Kier alpha value is 0.421. The summed E-state index contributed by atoms with van der Waals surface area (Å²) in [5.74, 6) is 0. The molecule has 0 aliphatic rings. The van der Waals surface area contributed by atoms with Crippen molar-refractivity contribution in [3.05, 3.63) is 67.8 Å². The van der Waals surface area contributed by atoms with E-state index in [-0.39, 0.29) is 21.2 Å². The van der Waals surface area contributed by atoms with Crippen LogP contribution in [-0.4, -0.2) is 137 Å². The molecule has 43 heavy (non-hydrogen) atoms. The van der Waals surface area contributed by atoms with Crippen LogP contribution in [0.15, 0.2) is 60.7 Å². The van der Waals surface area contributed by atoms with Crippen LogP contribution < -0.4 is 21.2 Å². The molecule has 2 rings (SSSR count). The van der Waals surface area contributed by atoms with Gasteiger partial charge in [0.15, 0.2) is 7.14 Å². The van der Waals surface area contributed by atoms with Gasteiger partial charge in [-0.15, -0.1) is 0 Å². The van der Waals surface area contributed by atoms with Gasteiger partial charge in [-0.05, 0) is 24.3 Å². The second-order valence-corrected chi connectivity index (χ2v) is 20.5. The molecule has 2 aromatic carbocycles. The average molecular weight is 1140 g/mol. The summed E-state index contributed by atoms with van der Waals surface area (Å²) in [5.41, 5.74) is 0. The van der Waals surface area contributed by atoms with Crippen LogP contribution in [0, 0.1) is 7.14 Å². The Kier molecular flexibility index (Phi) is 31.4. The predicted molar refractivity (Wildman–Crippen MR) is 122 cm³/mol. The zero-order valence-corrected chi connectivity index (χ0v) is 33.3. The first kappa shape index (κ1) is 52.9. The van der Waals surface area contributed by atoms with E-state index in [0.717, 1.165) is 0 Å². The minimum absolute atomic E-state index is 0.0287. The molecule has 0 aliphatic carbocycles. The van der Waals surface area contributed by atoms with Crippen LogP contribution >= 0.6 is 0 Å². The molecule has 0 bridgehead atoms. The van der Waals surface area contributed by atoms with E-state index in [4.69, 9.17) is 71.6 Å². The molecule has 0 amide bonds. The van der Waals surface area contributed by atoms with E-state index < -0.39 is 87.9 Å². The van der Waals surface area contributed by atoms with Gasteiger partial charge in [0.2, 0.25) is 0 Å². The Bertz CT molecular complexity index is 1020. The summed E-state index contributed by atoms with van der Waals surface area (Å²) in [7, 11) is 0. The number of rotatable bonds is 2. The van der Waals surface area contributed by atoms with Gasteiger partial charge in [-0.25, -0.2) is 0 Å². The van der Waals surface area contributed by atoms with Crippen LogP contribution in [0.3, 0.4) is 0 Å². The van der Waals surface area contributed by atoms with E-state index in [1.165, 1.54) is 7.14 Å². The molecule has 12 N–H and O–H groups in total. The Morgan fingerprint density at radius 2 is 0.465 bits per heavy atom. The summed E-state index contributed by atoms with van der Waals surface area (Å²) in [6.07, 6.45) is 0. The summed E-state index contributed by atoms with van der Waals surface area (Å²) >= 11 is -33.7. The summed E-state index contributed by atoms with van der Waals surface area (Å²) in [4.78, 5) is 0. The quantitative estimate of drug-likeness (QED) is 0.0755. The van der Waals surface area contributed by atoms with Gasteiger partial charge in [0.1, 0.15) is 0 Å². The monoisotopic (exact) mass is 1140 g/mol. The largest absolute Gasteiger partial charge is 0.357 e. The van der Waals surface area contributed by atoms with Crippen LogP contribution in [0.25, 0.3) is 0 Å². The van der Waals surface area contributed by atoms with Crippen LogP contribution in [-0.2, 0) is 22.4 Å². The molecular weight excluding hydrogens is 1120 g/mol. The fourth-order valence-electron chi connectivity index (χ4n) is 1.08. The van der Waals surface area contributed by atoms with Crippen molar-refractivity contribution in [3.8, 4) is 0 Å². The molecule has 0 saturated carbocycles. The second kappa shape index (κ2) is 25.5. The summed E-state index contributed by atoms with van der Waals surface area (Å²) in [6, 6.07) is 21.4. The number of hydrogen-bond acceptors (Lipinski definition) is 6. The Balaban J connectivity index is -0.000000139. The third-order valence-electron chi connectivity index (χ3n) is 1.68. The van der Waals surface area contributed by atoms with Crippen molar-refractivity contribution in [3.63, 3.8) is 0 Å². The van der Waals surface area contributed by atoms with Gasteiger partial charge in [-0.2, -0.15) is 0 Å². The van der Waals surface area contributed by atoms with Gasteiger partial charge >= 0.3 is 201 Å². The van der Waals surface area contributed by atoms with E-state index in [2.05, 4.69) is 60.7 Å². The maximum atomic E-state index is 10.4. The molecule has 31 heteroatoms. The molecule has 0 aliphatic heterocycles. The molecule has 256 valence electrons. The SMILES string of the molecule is O=[As](O)(O)F.O=[As](O)(O)F.O=[As](O)(O)F.O=[As](O)(O)F.O=[As](O)(O)F.O=[As](O)(O)F.c1ccc([I+]c2ccccc2)cc1. The first-order valence-corrected chi connectivity index (χ1v) is 29.8. The molecule has 18 nitrogen and oxygen atoms in total. The smallest absolute Gasteiger partial charge is 0.0619 e. The van der Waals surface area contributed by atoms with Crippen LogP contribution in [0.5, 0.6) is 0 Å². The zero-order valence-electron chi connectivity index (χ0n) is 19.9. The Morgan fingerprint density at radius 3 is 0.581 bits per heavy atom. The van der Waals surface area contributed by atoms with Crippen molar-refractivity contribution in [1.82, 2.24) is 0 Å². The van der Waals surface area contributed by atoms with Gasteiger partial charge in [0.25, 0.3) is 0 Å². The molecular formula is C12H22As6F6IO18+. The standard InChI is InChI=1S/C12H10I.6AsFH2O3/c1-3-7-11(8-4-1)13-12-9-5-2-6-10-12;6*2-1(3,4)5/h1-10H;6*(H2,3,4,5)/q+1;;;;;;. The number of halogens is 7. The minimum Gasteiger partial charge on any atom is -0.0619 e. The van der Waals surface area contributed by atoms with Gasteiger partial charge in [-0.1, -0.05) is 36.4 Å². The van der Waals surface area contributed by atoms with Crippen molar-refractivity contribution < 1.29 is 114 Å². The molecule has 0 atom stereocenters. The van der Waals surface area contributed by atoms with E-state index in [0.29, 0.717) is 0 Å². The Morgan fingerprint density at radius 1 is 0.349 bits per heavy atom. The van der Waals surface area contributed by atoms with Crippen LogP contribution in [0.2, 0.25) is 0 Å². The molecule has 0 fully saturated rings. The normalized spacial score (nSPS) is 11.2. The molecule has 2 aromatic rings. The van der Waals surface area contributed by atoms with E-state index in [9.17, 15) is 20.8 Å². The summed E-state index contributed by atoms with van der Waals surface area (Å²) < 4.78 is 202. The average Bonchev–Trinajstić information content (AvgIpc) is 2.61. The van der Waals surface area contributed by atoms with Crippen molar-refractivity contribution in [1.29, 1.82) is 0 Å². The maximum absolute atomic E-state index is 10.4. The van der Waals surface area contributed by atoms with Crippen molar-refractivity contribution >= 4 is 87.9 Å². The fraction of sp³-hybridized carbons (Fsp3) is 0. The first-order chi connectivity index (χ1) is 18.4. The third-order valence-corrected chi connectivity index (χ3v) is 4.37. The molecule has 0 spiro atoms. The molecule has 0 heterocycles.